The third-order valence-electron chi connectivity index (χ3n) is 3.81. The van der Waals surface area contributed by atoms with Gasteiger partial charge in [-0.2, -0.15) is 0 Å². The molecule has 0 saturated heterocycles. The number of nitrogens with one attached hydrogen (secondary N) is 1. The normalized spacial score (nSPS) is 10.4. The van der Waals surface area contributed by atoms with E-state index in [9.17, 15) is 4.79 Å². The third kappa shape index (κ3) is 5.14. The van der Waals surface area contributed by atoms with E-state index in [4.69, 9.17) is 15.2 Å². The Morgan fingerprint density at radius 3 is 2.48 bits per heavy atom. The molecule has 0 aliphatic rings. The van der Waals surface area contributed by atoms with Gasteiger partial charge in [-0.25, -0.2) is 0 Å². The van der Waals surface area contributed by atoms with E-state index in [-0.39, 0.29) is 5.91 Å². The van der Waals surface area contributed by atoms with Gasteiger partial charge in [0.2, 0.25) is 0 Å². The van der Waals surface area contributed by atoms with Gasteiger partial charge in [-0.3, -0.25) is 4.79 Å². The van der Waals surface area contributed by atoms with Gasteiger partial charge in [0.1, 0.15) is 0 Å². The summed E-state index contributed by atoms with van der Waals surface area (Å²) in [5.74, 6) is 1.37. The van der Waals surface area contributed by atoms with Crippen molar-refractivity contribution in [2.45, 2.75) is 27.2 Å². The number of benzene rings is 2. The molecule has 0 fully saturated rings. The summed E-state index contributed by atoms with van der Waals surface area (Å²) >= 11 is 0. The Labute approximate surface area is 149 Å². The van der Waals surface area contributed by atoms with E-state index in [0.29, 0.717) is 37.4 Å². The van der Waals surface area contributed by atoms with E-state index < -0.39 is 0 Å². The van der Waals surface area contributed by atoms with E-state index in [0.717, 1.165) is 22.6 Å². The molecule has 1 amide bonds. The minimum atomic E-state index is -0.110. The number of hydrogen-bond donors (Lipinski definition) is 2. The van der Waals surface area contributed by atoms with E-state index in [1.165, 1.54) is 0 Å². The Morgan fingerprint density at radius 2 is 1.76 bits per heavy atom. The summed E-state index contributed by atoms with van der Waals surface area (Å²) in [5, 5.41) is 2.94. The van der Waals surface area contributed by atoms with Crippen molar-refractivity contribution in [1.82, 2.24) is 5.32 Å². The molecule has 2 aromatic carbocycles. The minimum Gasteiger partial charge on any atom is -0.490 e. The van der Waals surface area contributed by atoms with Crippen LogP contribution in [0.3, 0.4) is 0 Å². The summed E-state index contributed by atoms with van der Waals surface area (Å²) in [6.07, 6.45) is 0.708. The molecule has 0 aromatic heterocycles. The van der Waals surface area contributed by atoms with Crippen molar-refractivity contribution in [2.24, 2.45) is 0 Å². The molecule has 0 heterocycles. The highest BCUT2D eigenvalue weighted by Gasteiger charge is 2.10. The number of nitrogen functional groups attached to an aromatic ring is 1. The van der Waals surface area contributed by atoms with Crippen LogP contribution in [0, 0.1) is 6.92 Å². The second kappa shape index (κ2) is 8.97. The predicted molar refractivity (Wildman–Crippen MR) is 100 cm³/mol. The number of ether oxygens (including phenoxy) is 2. The van der Waals surface area contributed by atoms with Gasteiger partial charge < -0.3 is 20.5 Å². The molecule has 0 bridgehead atoms. The fourth-order valence-corrected chi connectivity index (χ4v) is 2.55. The molecular weight excluding hydrogens is 316 g/mol. The van der Waals surface area contributed by atoms with Gasteiger partial charge in [-0.1, -0.05) is 12.1 Å². The van der Waals surface area contributed by atoms with Crippen LogP contribution in [-0.4, -0.2) is 25.7 Å². The van der Waals surface area contributed by atoms with Gasteiger partial charge in [0.15, 0.2) is 11.5 Å². The van der Waals surface area contributed by atoms with Crippen LogP contribution in [0.2, 0.25) is 0 Å². The number of hydrogen-bond acceptors (Lipinski definition) is 4. The topological polar surface area (TPSA) is 73.6 Å². The summed E-state index contributed by atoms with van der Waals surface area (Å²) in [6, 6.07) is 11.2. The molecule has 0 saturated carbocycles. The summed E-state index contributed by atoms with van der Waals surface area (Å²) in [6.45, 7) is 7.49. The molecule has 0 spiro atoms. The lowest BCUT2D eigenvalue weighted by Crippen LogP contribution is -2.26. The number of carbonyl (C=O) groups excluding carboxylic acids is 1. The zero-order valence-electron chi connectivity index (χ0n) is 15.1. The Kier molecular flexibility index (Phi) is 6.69. The maximum atomic E-state index is 12.3. The lowest BCUT2D eigenvalue weighted by atomic mass is 10.1. The van der Waals surface area contributed by atoms with Crippen molar-refractivity contribution in [3.8, 4) is 11.5 Å². The third-order valence-corrected chi connectivity index (χ3v) is 3.81. The molecular formula is C20H26N2O3. The van der Waals surface area contributed by atoms with Crippen LogP contribution < -0.4 is 20.5 Å². The summed E-state index contributed by atoms with van der Waals surface area (Å²) in [4.78, 5) is 12.3. The second-order valence-corrected chi connectivity index (χ2v) is 5.73. The van der Waals surface area contributed by atoms with Crippen molar-refractivity contribution < 1.29 is 14.3 Å². The average Bonchev–Trinajstić information content (AvgIpc) is 2.59. The van der Waals surface area contributed by atoms with Gasteiger partial charge in [-0.05, 0) is 62.6 Å². The monoisotopic (exact) mass is 342 g/mol. The number of nitrogens with two attached hydrogens (primary N) is 1. The Hall–Kier alpha value is -2.69. The molecule has 0 radical (unpaired) electrons. The fourth-order valence-electron chi connectivity index (χ4n) is 2.55. The highest BCUT2D eigenvalue weighted by Crippen LogP contribution is 2.28. The highest BCUT2D eigenvalue weighted by atomic mass is 16.5. The van der Waals surface area contributed by atoms with Crippen molar-refractivity contribution >= 4 is 11.6 Å². The first-order chi connectivity index (χ1) is 12.0. The van der Waals surface area contributed by atoms with E-state index in [1.54, 1.807) is 12.1 Å². The SMILES string of the molecule is CCOc1ccc(CCNC(=O)c2cc(N)ccc2C)cc1OCC. The molecule has 134 valence electrons. The molecule has 5 heteroatoms. The van der Waals surface area contributed by atoms with E-state index >= 15 is 0 Å². The van der Waals surface area contributed by atoms with Gasteiger partial charge in [0, 0.05) is 17.8 Å². The number of rotatable bonds is 8. The molecule has 0 unspecified atom stereocenters. The summed E-state index contributed by atoms with van der Waals surface area (Å²) in [5.41, 5.74) is 8.95. The van der Waals surface area contributed by atoms with Crippen molar-refractivity contribution in [1.29, 1.82) is 0 Å². The molecule has 3 N–H and O–H groups in total. The predicted octanol–water partition coefficient (Wildman–Crippen LogP) is 3.35. The Morgan fingerprint density at radius 1 is 1.04 bits per heavy atom. The van der Waals surface area contributed by atoms with Crippen LogP contribution >= 0.6 is 0 Å². The molecule has 0 atom stereocenters. The van der Waals surface area contributed by atoms with Crippen LogP contribution in [-0.2, 0) is 6.42 Å². The standard InChI is InChI=1S/C20H26N2O3/c1-4-24-18-9-7-15(12-19(18)25-5-2)10-11-22-20(23)17-13-16(21)8-6-14(17)3/h6-9,12-13H,4-5,10-11,21H2,1-3H3,(H,22,23). The van der Waals surface area contributed by atoms with Crippen LogP contribution in [0.1, 0.15) is 35.3 Å². The van der Waals surface area contributed by atoms with Crippen molar-refractivity contribution in [2.75, 3.05) is 25.5 Å². The van der Waals surface area contributed by atoms with Gasteiger partial charge in [0.05, 0.1) is 13.2 Å². The van der Waals surface area contributed by atoms with Crippen molar-refractivity contribution in [3.63, 3.8) is 0 Å². The first kappa shape index (κ1) is 18.6. The van der Waals surface area contributed by atoms with Crippen LogP contribution in [0.5, 0.6) is 11.5 Å². The quantitative estimate of drug-likeness (QED) is 0.722. The van der Waals surface area contributed by atoms with Crippen LogP contribution in [0.15, 0.2) is 36.4 Å². The van der Waals surface area contributed by atoms with E-state index in [2.05, 4.69) is 5.32 Å². The lowest BCUT2D eigenvalue weighted by Gasteiger charge is -2.13. The van der Waals surface area contributed by atoms with Crippen molar-refractivity contribution in [3.05, 3.63) is 53.1 Å². The van der Waals surface area contributed by atoms with Crippen LogP contribution in [0.4, 0.5) is 5.69 Å². The Bertz CT molecular complexity index is 729. The second-order valence-electron chi connectivity index (χ2n) is 5.73. The molecule has 0 aliphatic carbocycles. The molecule has 2 aromatic rings. The van der Waals surface area contributed by atoms with Gasteiger partial charge >= 0.3 is 0 Å². The van der Waals surface area contributed by atoms with Gasteiger partial charge in [0.25, 0.3) is 5.91 Å². The molecule has 25 heavy (non-hydrogen) atoms. The smallest absolute Gasteiger partial charge is 0.251 e. The number of carbonyl (C=O) groups is 1. The number of amides is 1. The number of anilines is 1. The largest absolute Gasteiger partial charge is 0.490 e. The highest BCUT2D eigenvalue weighted by molar-refractivity contribution is 5.96. The molecule has 0 aliphatic heterocycles. The molecule has 2 rings (SSSR count). The zero-order chi connectivity index (χ0) is 18.2. The summed E-state index contributed by atoms with van der Waals surface area (Å²) in [7, 11) is 0. The first-order valence-electron chi connectivity index (χ1n) is 8.58. The minimum absolute atomic E-state index is 0.110. The first-order valence-corrected chi connectivity index (χ1v) is 8.58. The maximum Gasteiger partial charge on any atom is 0.251 e. The van der Waals surface area contributed by atoms with Crippen LogP contribution in [0.25, 0.3) is 0 Å². The fraction of sp³-hybridized carbons (Fsp3) is 0.350. The number of aryl methyl sites for hydroxylation is 1. The lowest BCUT2D eigenvalue weighted by molar-refractivity contribution is 0.0953. The van der Waals surface area contributed by atoms with Gasteiger partial charge in [-0.15, -0.1) is 0 Å². The molecule has 5 nitrogen and oxygen atoms in total. The summed E-state index contributed by atoms with van der Waals surface area (Å²) < 4.78 is 11.2. The maximum absolute atomic E-state index is 12.3. The Balaban J connectivity index is 1.98. The average molecular weight is 342 g/mol. The zero-order valence-corrected chi connectivity index (χ0v) is 15.1. The van der Waals surface area contributed by atoms with E-state index in [1.807, 2.05) is 45.0 Å².